The van der Waals surface area contributed by atoms with E-state index in [-0.39, 0.29) is 0 Å². The smallest absolute Gasteiger partial charge is 0.0713 e. The molecule has 0 aliphatic carbocycles. The topological polar surface area (TPSA) is 21.3 Å². The first-order chi connectivity index (χ1) is 9.36. The second kappa shape index (κ2) is 5.68. The van der Waals surface area contributed by atoms with E-state index in [0.717, 1.165) is 11.4 Å². The number of rotatable bonds is 4. The van der Waals surface area contributed by atoms with Crippen LogP contribution in [-0.4, -0.2) is 12.9 Å². The summed E-state index contributed by atoms with van der Waals surface area (Å²) in [6, 6.07) is 17.5. The van der Waals surface area contributed by atoms with Crippen molar-refractivity contribution in [3.05, 3.63) is 59.7 Å². The Morgan fingerprint density at radius 3 is 3.00 bits per heavy atom. The van der Waals surface area contributed by atoms with E-state index in [1.165, 1.54) is 16.0 Å². The Kier molecular flexibility index (Phi) is 3.76. The van der Waals surface area contributed by atoms with Crippen LogP contribution in [0.3, 0.4) is 0 Å². The SMILES string of the molecule is COCc1cccc(NC2CSc3ccccc32)c1. The van der Waals surface area contributed by atoms with Gasteiger partial charge in [-0.25, -0.2) is 0 Å². The third kappa shape index (κ3) is 2.77. The van der Waals surface area contributed by atoms with Crippen molar-refractivity contribution in [1.29, 1.82) is 0 Å². The van der Waals surface area contributed by atoms with Crippen molar-refractivity contribution >= 4 is 17.4 Å². The van der Waals surface area contributed by atoms with E-state index in [9.17, 15) is 0 Å². The van der Waals surface area contributed by atoms with Crippen LogP contribution in [-0.2, 0) is 11.3 Å². The number of methoxy groups -OCH3 is 1. The Balaban J connectivity index is 1.77. The zero-order chi connectivity index (χ0) is 13.1. The van der Waals surface area contributed by atoms with Gasteiger partial charge in [-0.2, -0.15) is 0 Å². The molecule has 0 aromatic heterocycles. The Bertz CT molecular complexity index is 570. The number of hydrogen-bond donors (Lipinski definition) is 1. The van der Waals surface area contributed by atoms with Gasteiger partial charge in [0.1, 0.15) is 0 Å². The summed E-state index contributed by atoms with van der Waals surface area (Å²) in [5.74, 6) is 1.09. The molecule has 0 saturated heterocycles. The normalized spacial score (nSPS) is 17.2. The van der Waals surface area contributed by atoms with Gasteiger partial charge in [-0.05, 0) is 29.3 Å². The molecular weight excluding hydrogens is 254 g/mol. The zero-order valence-corrected chi connectivity index (χ0v) is 11.7. The van der Waals surface area contributed by atoms with E-state index in [0.29, 0.717) is 12.6 Å². The minimum atomic E-state index is 0.402. The molecule has 1 heterocycles. The minimum Gasteiger partial charge on any atom is -0.380 e. The van der Waals surface area contributed by atoms with Crippen molar-refractivity contribution in [3.63, 3.8) is 0 Å². The average Bonchev–Trinajstić information content (AvgIpc) is 2.83. The van der Waals surface area contributed by atoms with Crippen molar-refractivity contribution < 1.29 is 4.74 Å². The highest BCUT2D eigenvalue weighted by atomic mass is 32.2. The van der Waals surface area contributed by atoms with E-state index in [1.807, 2.05) is 11.8 Å². The molecular formula is C16H17NOS. The predicted octanol–water partition coefficient (Wildman–Crippen LogP) is 4.09. The molecule has 3 heteroatoms. The van der Waals surface area contributed by atoms with Gasteiger partial charge < -0.3 is 10.1 Å². The summed E-state index contributed by atoms with van der Waals surface area (Å²) in [6.45, 7) is 0.658. The summed E-state index contributed by atoms with van der Waals surface area (Å²) < 4.78 is 5.18. The third-order valence-electron chi connectivity index (χ3n) is 3.28. The van der Waals surface area contributed by atoms with Crippen LogP contribution >= 0.6 is 11.8 Å². The lowest BCUT2D eigenvalue weighted by Gasteiger charge is -2.15. The van der Waals surface area contributed by atoms with E-state index in [4.69, 9.17) is 4.74 Å². The van der Waals surface area contributed by atoms with Gasteiger partial charge in [-0.15, -0.1) is 11.8 Å². The van der Waals surface area contributed by atoms with Crippen molar-refractivity contribution in [1.82, 2.24) is 0 Å². The molecule has 1 aliphatic rings. The van der Waals surface area contributed by atoms with Gasteiger partial charge in [0.15, 0.2) is 0 Å². The number of thioether (sulfide) groups is 1. The molecule has 0 saturated carbocycles. The third-order valence-corrected chi connectivity index (χ3v) is 4.46. The second-order valence-electron chi connectivity index (χ2n) is 4.68. The highest BCUT2D eigenvalue weighted by molar-refractivity contribution is 7.99. The molecule has 0 amide bonds. The molecule has 19 heavy (non-hydrogen) atoms. The summed E-state index contributed by atoms with van der Waals surface area (Å²) in [5, 5.41) is 3.62. The van der Waals surface area contributed by atoms with Crippen molar-refractivity contribution in [3.8, 4) is 0 Å². The van der Waals surface area contributed by atoms with Crippen LogP contribution in [0.15, 0.2) is 53.4 Å². The maximum Gasteiger partial charge on any atom is 0.0713 e. The molecule has 2 nitrogen and oxygen atoms in total. The molecule has 98 valence electrons. The van der Waals surface area contributed by atoms with Crippen LogP contribution in [0, 0.1) is 0 Å². The molecule has 1 N–H and O–H groups in total. The maximum atomic E-state index is 5.18. The monoisotopic (exact) mass is 271 g/mol. The molecule has 0 fully saturated rings. The highest BCUT2D eigenvalue weighted by Crippen LogP contribution is 2.39. The molecule has 3 rings (SSSR count). The number of benzene rings is 2. The van der Waals surface area contributed by atoms with Gasteiger partial charge in [-0.1, -0.05) is 30.3 Å². The molecule has 1 aliphatic heterocycles. The molecule has 1 atom stereocenters. The summed E-state index contributed by atoms with van der Waals surface area (Å²) in [4.78, 5) is 1.40. The van der Waals surface area contributed by atoms with Gasteiger partial charge in [0.05, 0.1) is 12.6 Å². The maximum absolute atomic E-state index is 5.18. The number of nitrogens with one attached hydrogen (secondary N) is 1. The second-order valence-corrected chi connectivity index (χ2v) is 5.74. The predicted molar refractivity (Wildman–Crippen MR) is 80.7 cm³/mol. The number of hydrogen-bond acceptors (Lipinski definition) is 3. The molecule has 0 radical (unpaired) electrons. The van der Waals surface area contributed by atoms with Gasteiger partial charge in [0.2, 0.25) is 0 Å². The van der Waals surface area contributed by atoms with Crippen molar-refractivity contribution in [2.75, 3.05) is 18.2 Å². The summed E-state index contributed by atoms with van der Waals surface area (Å²) >= 11 is 1.92. The largest absolute Gasteiger partial charge is 0.380 e. The van der Waals surface area contributed by atoms with Gasteiger partial charge >= 0.3 is 0 Å². The van der Waals surface area contributed by atoms with Crippen molar-refractivity contribution in [2.45, 2.75) is 17.5 Å². The summed E-state index contributed by atoms with van der Waals surface area (Å²) in [7, 11) is 1.73. The quantitative estimate of drug-likeness (QED) is 0.905. The molecule has 0 spiro atoms. The van der Waals surface area contributed by atoms with Crippen LogP contribution in [0.2, 0.25) is 0 Å². The highest BCUT2D eigenvalue weighted by Gasteiger charge is 2.22. The van der Waals surface area contributed by atoms with Crippen LogP contribution in [0.25, 0.3) is 0 Å². The van der Waals surface area contributed by atoms with E-state index in [2.05, 4.69) is 53.8 Å². The van der Waals surface area contributed by atoms with Crippen molar-refractivity contribution in [2.24, 2.45) is 0 Å². The summed E-state index contributed by atoms with van der Waals surface area (Å²) in [5.41, 5.74) is 3.77. The van der Waals surface area contributed by atoms with Crippen LogP contribution in [0.1, 0.15) is 17.2 Å². The number of fused-ring (bicyclic) bond motifs is 1. The molecule has 2 aromatic carbocycles. The van der Waals surface area contributed by atoms with Gasteiger partial charge in [-0.3, -0.25) is 0 Å². The minimum absolute atomic E-state index is 0.402. The Hall–Kier alpha value is -1.45. The molecule has 0 bridgehead atoms. The summed E-state index contributed by atoms with van der Waals surface area (Å²) in [6.07, 6.45) is 0. The van der Waals surface area contributed by atoms with E-state index < -0.39 is 0 Å². The first-order valence-corrected chi connectivity index (χ1v) is 7.41. The Morgan fingerprint density at radius 1 is 1.21 bits per heavy atom. The fourth-order valence-corrected chi connectivity index (χ4v) is 3.56. The zero-order valence-electron chi connectivity index (χ0n) is 10.9. The fraction of sp³-hybridized carbons (Fsp3) is 0.250. The fourth-order valence-electron chi connectivity index (χ4n) is 2.40. The lowest BCUT2D eigenvalue weighted by atomic mass is 10.1. The lowest BCUT2D eigenvalue weighted by molar-refractivity contribution is 0.185. The van der Waals surface area contributed by atoms with Crippen LogP contribution in [0.5, 0.6) is 0 Å². The Morgan fingerprint density at radius 2 is 2.11 bits per heavy atom. The molecule has 1 unspecified atom stereocenters. The van der Waals surface area contributed by atoms with Crippen LogP contribution in [0.4, 0.5) is 5.69 Å². The first-order valence-electron chi connectivity index (χ1n) is 6.43. The number of ether oxygens (including phenoxy) is 1. The van der Waals surface area contributed by atoms with E-state index >= 15 is 0 Å². The van der Waals surface area contributed by atoms with Crippen LogP contribution < -0.4 is 5.32 Å². The van der Waals surface area contributed by atoms with Gasteiger partial charge in [0, 0.05) is 23.4 Å². The standard InChI is InChI=1S/C16H17NOS/c1-18-10-12-5-4-6-13(9-12)17-15-11-19-16-8-3-2-7-14(15)16/h2-9,15,17H,10-11H2,1H3. The Labute approximate surface area is 118 Å². The van der Waals surface area contributed by atoms with Gasteiger partial charge in [0.25, 0.3) is 0 Å². The lowest BCUT2D eigenvalue weighted by Crippen LogP contribution is -2.09. The molecule has 2 aromatic rings. The number of anilines is 1. The average molecular weight is 271 g/mol. The first kappa shape index (κ1) is 12.6. The van der Waals surface area contributed by atoms with E-state index in [1.54, 1.807) is 7.11 Å².